The van der Waals surface area contributed by atoms with Crippen molar-refractivity contribution in [2.24, 2.45) is 11.7 Å². The van der Waals surface area contributed by atoms with Gasteiger partial charge >= 0.3 is 0 Å². The zero-order valence-electron chi connectivity index (χ0n) is 10.2. The maximum atomic E-state index is 13.7. The highest BCUT2D eigenvalue weighted by Crippen LogP contribution is 2.25. The molecule has 1 aliphatic rings. The quantitative estimate of drug-likeness (QED) is 0.931. The lowest BCUT2D eigenvalue weighted by molar-refractivity contribution is -0.123. The minimum absolute atomic E-state index is 0.0511. The third kappa shape index (κ3) is 3.18. The Kier molecular flexibility index (Phi) is 4.51. The van der Waals surface area contributed by atoms with Gasteiger partial charge in [0.1, 0.15) is 11.6 Å². The van der Waals surface area contributed by atoms with E-state index in [1.54, 1.807) is 12.1 Å². The molecule has 1 aliphatic carbocycles. The van der Waals surface area contributed by atoms with Crippen LogP contribution in [-0.2, 0) is 11.2 Å². The Labute approximate surface area is 115 Å². The van der Waals surface area contributed by atoms with E-state index in [4.69, 9.17) is 5.73 Å². The number of rotatable bonds is 3. The zero-order valence-corrected chi connectivity index (χ0v) is 11.7. The maximum Gasteiger partial charge on any atom is 0.141 e. The van der Waals surface area contributed by atoms with Crippen LogP contribution in [0.4, 0.5) is 4.39 Å². The largest absolute Gasteiger partial charge is 0.327 e. The van der Waals surface area contributed by atoms with Gasteiger partial charge in [0.15, 0.2) is 0 Å². The van der Waals surface area contributed by atoms with Gasteiger partial charge in [-0.3, -0.25) is 4.79 Å². The van der Waals surface area contributed by atoms with Gasteiger partial charge in [-0.15, -0.1) is 0 Å². The summed E-state index contributed by atoms with van der Waals surface area (Å²) in [5.41, 5.74) is 6.43. The van der Waals surface area contributed by atoms with E-state index in [-0.39, 0.29) is 30.0 Å². The van der Waals surface area contributed by atoms with Crippen molar-refractivity contribution in [2.45, 2.75) is 38.1 Å². The molecule has 0 bridgehead atoms. The Hall–Kier alpha value is -0.740. The van der Waals surface area contributed by atoms with Gasteiger partial charge in [-0.2, -0.15) is 0 Å². The number of Topliss-reactive ketones (excluding diaryl/α,β-unsaturated/α-hetero) is 1. The van der Waals surface area contributed by atoms with E-state index < -0.39 is 0 Å². The highest BCUT2D eigenvalue weighted by atomic mass is 79.9. The first-order chi connectivity index (χ1) is 8.58. The molecule has 0 aliphatic heterocycles. The normalized spacial score (nSPS) is 23.9. The molecule has 0 spiro atoms. The summed E-state index contributed by atoms with van der Waals surface area (Å²) >= 11 is 3.20. The van der Waals surface area contributed by atoms with E-state index in [0.717, 1.165) is 25.7 Å². The number of nitrogens with two attached hydrogens (primary N) is 1. The Bertz CT molecular complexity index is 449. The second kappa shape index (κ2) is 5.93. The highest BCUT2D eigenvalue weighted by molar-refractivity contribution is 9.10. The van der Waals surface area contributed by atoms with E-state index >= 15 is 0 Å². The van der Waals surface area contributed by atoms with Gasteiger partial charge in [-0.25, -0.2) is 4.39 Å². The Balaban J connectivity index is 2.06. The van der Waals surface area contributed by atoms with Crippen LogP contribution in [0.25, 0.3) is 0 Å². The summed E-state index contributed by atoms with van der Waals surface area (Å²) in [6.07, 6.45) is 4.04. The summed E-state index contributed by atoms with van der Waals surface area (Å²) in [7, 11) is 0. The number of carbonyl (C=O) groups is 1. The molecule has 2 nitrogen and oxygen atoms in total. The van der Waals surface area contributed by atoms with Gasteiger partial charge in [0, 0.05) is 22.9 Å². The SMILES string of the molecule is NC1CCCCC1C(=O)Cc1ccc(Br)cc1F. The molecule has 1 saturated carbocycles. The molecule has 1 aromatic rings. The van der Waals surface area contributed by atoms with Crippen molar-refractivity contribution in [1.29, 1.82) is 0 Å². The molecule has 2 unspecified atom stereocenters. The van der Waals surface area contributed by atoms with Crippen LogP contribution in [0, 0.1) is 11.7 Å². The standard InChI is InChI=1S/C14H17BrFNO/c15-10-6-5-9(12(16)8-10)7-14(18)11-3-1-2-4-13(11)17/h5-6,8,11,13H,1-4,7,17H2. The number of hydrogen-bond acceptors (Lipinski definition) is 2. The summed E-state index contributed by atoms with van der Waals surface area (Å²) in [5.74, 6) is -0.354. The molecular weight excluding hydrogens is 297 g/mol. The van der Waals surface area contributed by atoms with Crippen molar-refractivity contribution in [2.75, 3.05) is 0 Å². The van der Waals surface area contributed by atoms with Gasteiger partial charge in [0.2, 0.25) is 0 Å². The number of carbonyl (C=O) groups excluding carboxylic acids is 1. The molecule has 0 heterocycles. The predicted octanol–water partition coefficient (Wildman–Crippen LogP) is 3.22. The third-order valence-corrected chi connectivity index (χ3v) is 4.11. The number of hydrogen-bond donors (Lipinski definition) is 1. The molecule has 2 atom stereocenters. The van der Waals surface area contributed by atoms with Crippen molar-refractivity contribution in [3.05, 3.63) is 34.1 Å². The monoisotopic (exact) mass is 313 g/mol. The van der Waals surface area contributed by atoms with Crippen LogP contribution in [0.5, 0.6) is 0 Å². The number of benzene rings is 1. The minimum atomic E-state index is -0.331. The summed E-state index contributed by atoms with van der Waals surface area (Å²) in [6.45, 7) is 0. The van der Waals surface area contributed by atoms with Gasteiger partial charge in [0.05, 0.1) is 0 Å². The van der Waals surface area contributed by atoms with Crippen LogP contribution in [0.1, 0.15) is 31.2 Å². The molecule has 0 aromatic heterocycles. The summed E-state index contributed by atoms with van der Waals surface area (Å²) < 4.78 is 14.3. The first kappa shape index (κ1) is 13.7. The van der Waals surface area contributed by atoms with Gasteiger partial charge in [0.25, 0.3) is 0 Å². The molecular formula is C14H17BrFNO. The van der Waals surface area contributed by atoms with Gasteiger partial charge < -0.3 is 5.73 Å². The molecule has 98 valence electrons. The van der Waals surface area contributed by atoms with E-state index in [9.17, 15) is 9.18 Å². The Morgan fingerprint density at radius 3 is 2.78 bits per heavy atom. The molecule has 2 N–H and O–H groups in total. The fraction of sp³-hybridized carbons (Fsp3) is 0.500. The average Bonchev–Trinajstić information content (AvgIpc) is 2.33. The van der Waals surface area contributed by atoms with Crippen LogP contribution in [0.2, 0.25) is 0 Å². The van der Waals surface area contributed by atoms with Crippen molar-refractivity contribution < 1.29 is 9.18 Å². The number of ketones is 1. The van der Waals surface area contributed by atoms with Crippen LogP contribution >= 0.6 is 15.9 Å². The molecule has 1 aromatic carbocycles. The summed E-state index contributed by atoms with van der Waals surface area (Å²) in [5, 5.41) is 0. The molecule has 0 saturated heterocycles. The van der Waals surface area contributed by atoms with Crippen LogP contribution in [0.15, 0.2) is 22.7 Å². The van der Waals surface area contributed by atoms with Gasteiger partial charge in [-0.05, 0) is 30.5 Å². The van der Waals surface area contributed by atoms with Crippen LogP contribution in [-0.4, -0.2) is 11.8 Å². The predicted molar refractivity (Wildman–Crippen MR) is 72.7 cm³/mol. The van der Waals surface area contributed by atoms with Crippen molar-refractivity contribution in [3.8, 4) is 0 Å². The van der Waals surface area contributed by atoms with E-state index in [1.807, 2.05) is 0 Å². The molecule has 18 heavy (non-hydrogen) atoms. The topological polar surface area (TPSA) is 43.1 Å². The summed E-state index contributed by atoms with van der Waals surface area (Å²) in [6, 6.07) is 4.76. The van der Waals surface area contributed by atoms with Crippen LogP contribution in [0.3, 0.4) is 0 Å². The molecule has 1 fully saturated rings. The first-order valence-electron chi connectivity index (χ1n) is 6.30. The lowest BCUT2D eigenvalue weighted by Crippen LogP contribution is -2.38. The molecule has 0 radical (unpaired) electrons. The van der Waals surface area contributed by atoms with Crippen molar-refractivity contribution in [3.63, 3.8) is 0 Å². The number of halogens is 2. The van der Waals surface area contributed by atoms with Gasteiger partial charge in [-0.1, -0.05) is 34.8 Å². The second-order valence-corrected chi connectivity index (χ2v) is 5.85. The zero-order chi connectivity index (χ0) is 13.1. The lowest BCUT2D eigenvalue weighted by atomic mass is 9.80. The molecule has 2 rings (SSSR count). The average molecular weight is 314 g/mol. The fourth-order valence-corrected chi connectivity index (χ4v) is 2.88. The van der Waals surface area contributed by atoms with E-state index in [1.165, 1.54) is 6.07 Å². The lowest BCUT2D eigenvalue weighted by Gasteiger charge is -2.27. The maximum absolute atomic E-state index is 13.7. The Morgan fingerprint density at radius 1 is 1.39 bits per heavy atom. The molecule has 4 heteroatoms. The van der Waals surface area contributed by atoms with Crippen molar-refractivity contribution in [1.82, 2.24) is 0 Å². The first-order valence-corrected chi connectivity index (χ1v) is 7.09. The fourth-order valence-electron chi connectivity index (χ4n) is 2.54. The summed E-state index contributed by atoms with van der Waals surface area (Å²) in [4.78, 5) is 12.2. The van der Waals surface area contributed by atoms with Crippen molar-refractivity contribution >= 4 is 21.7 Å². The highest BCUT2D eigenvalue weighted by Gasteiger charge is 2.28. The molecule has 0 amide bonds. The second-order valence-electron chi connectivity index (χ2n) is 4.93. The van der Waals surface area contributed by atoms with E-state index in [0.29, 0.717) is 10.0 Å². The minimum Gasteiger partial charge on any atom is -0.327 e. The Morgan fingerprint density at radius 2 is 2.11 bits per heavy atom. The third-order valence-electron chi connectivity index (χ3n) is 3.61. The smallest absolute Gasteiger partial charge is 0.141 e. The van der Waals surface area contributed by atoms with Crippen LogP contribution < -0.4 is 5.73 Å². The van der Waals surface area contributed by atoms with E-state index in [2.05, 4.69) is 15.9 Å².